The molecule has 1 aromatic carbocycles. The van der Waals surface area contributed by atoms with Crippen molar-refractivity contribution in [2.75, 3.05) is 6.61 Å². The third-order valence-corrected chi connectivity index (χ3v) is 3.71. The average Bonchev–Trinajstić information content (AvgIpc) is 2.51. The summed E-state index contributed by atoms with van der Waals surface area (Å²) in [4.78, 5) is 22.9. The highest BCUT2D eigenvalue weighted by Crippen LogP contribution is 2.19. The van der Waals surface area contributed by atoms with Gasteiger partial charge in [0, 0.05) is 23.9 Å². The molecule has 1 N–H and O–H groups in total. The van der Waals surface area contributed by atoms with E-state index in [9.17, 15) is 14.7 Å². The van der Waals surface area contributed by atoms with Crippen molar-refractivity contribution >= 4 is 16.8 Å². The van der Waals surface area contributed by atoms with E-state index < -0.39 is 11.2 Å². The third kappa shape index (κ3) is 5.06. The standard InChI is InChI=1S/C19H22O5/c1-13(4-8-17(20)19(2,3)22)10-11-23-15-7-5-14-6-9-18(21)24-16(14)12-15/h5-7,9-10,12,22H,4,8,11H2,1-3H3/b13-10-. The van der Waals surface area contributed by atoms with Crippen molar-refractivity contribution in [1.29, 1.82) is 0 Å². The Balaban J connectivity index is 1.91. The van der Waals surface area contributed by atoms with Crippen molar-refractivity contribution in [3.05, 3.63) is 52.4 Å². The Kier molecular flexibility index (Phi) is 5.57. The van der Waals surface area contributed by atoms with Crippen molar-refractivity contribution in [3.8, 4) is 5.75 Å². The summed E-state index contributed by atoms with van der Waals surface area (Å²) in [6, 6.07) is 8.39. The monoisotopic (exact) mass is 330 g/mol. The van der Waals surface area contributed by atoms with Gasteiger partial charge in [0.25, 0.3) is 0 Å². The van der Waals surface area contributed by atoms with Crippen LogP contribution in [0.15, 0.2) is 51.2 Å². The number of Topliss-reactive ketones (excluding diaryl/α,β-unsaturated/α-hetero) is 1. The Bertz CT molecular complexity index is 808. The van der Waals surface area contributed by atoms with Crippen molar-refractivity contribution in [3.63, 3.8) is 0 Å². The number of benzene rings is 1. The van der Waals surface area contributed by atoms with Gasteiger partial charge < -0.3 is 14.3 Å². The van der Waals surface area contributed by atoms with Crippen LogP contribution in [0.25, 0.3) is 11.0 Å². The van der Waals surface area contributed by atoms with Gasteiger partial charge in [-0.25, -0.2) is 4.79 Å². The lowest BCUT2D eigenvalue weighted by Crippen LogP contribution is -2.30. The Hall–Kier alpha value is -2.40. The van der Waals surface area contributed by atoms with Crippen molar-refractivity contribution in [2.45, 2.75) is 39.2 Å². The molecule has 0 amide bonds. The number of fused-ring (bicyclic) bond motifs is 1. The Morgan fingerprint density at radius 2 is 1.96 bits per heavy atom. The zero-order valence-corrected chi connectivity index (χ0v) is 14.2. The summed E-state index contributed by atoms with van der Waals surface area (Å²) in [5.74, 6) is 0.425. The summed E-state index contributed by atoms with van der Waals surface area (Å²) in [5.41, 5.74) is -0.186. The summed E-state index contributed by atoms with van der Waals surface area (Å²) >= 11 is 0. The average molecular weight is 330 g/mol. The zero-order valence-electron chi connectivity index (χ0n) is 14.2. The second-order valence-electron chi connectivity index (χ2n) is 6.30. The van der Waals surface area contributed by atoms with Crippen LogP contribution in [0.3, 0.4) is 0 Å². The van der Waals surface area contributed by atoms with E-state index in [2.05, 4.69) is 0 Å². The molecule has 1 aromatic heterocycles. The number of carbonyl (C=O) groups is 1. The fourth-order valence-electron chi connectivity index (χ4n) is 2.13. The minimum atomic E-state index is -1.29. The number of ketones is 1. The smallest absolute Gasteiger partial charge is 0.336 e. The molecule has 0 spiro atoms. The largest absolute Gasteiger partial charge is 0.489 e. The van der Waals surface area contributed by atoms with Crippen LogP contribution in [0, 0.1) is 0 Å². The van der Waals surface area contributed by atoms with Gasteiger partial charge in [-0.05, 0) is 51.5 Å². The van der Waals surface area contributed by atoms with Crippen molar-refractivity contribution < 1.29 is 19.1 Å². The quantitative estimate of drug-likeness (QED) is 0.623. The Labute approximate surface area is 140 Å². The van der Waals surface area contributed by atoms with E-state index in [1.165, 1.54) is 19.9 Å². The number of aliphatic hydroxyl groups is 1. The molecule has 0 saturated heterocycles. The number of carbonyl (C=O) groups excluding carboxylic acids is 1. The van der Waals surface area contributed by atoms with Crippen LogP contribution in [0.2, 0.25) is 0 Å². The predicted octanol–water partition coefficient (Wildman–Crippen LogP) is 3.24. The van der Waals surface area contributed by atoms with Crippen LogP contribution in [0.1, 0.15) is 33.6 Å². The maximum Gasteiger partial charge on any atom is 0.336 e. The van der Waals surface area contributed by atoms with Crippen LogP contribution < -0.4 is 10.4 Å². The molecule has 5 nitrogen and oxygen atoms in total. The second kappa shape index (κ2) is 7.45. The molecule has 5 heteroatoms. The molecule has 2 aromatic rings. The van der Waals surface area contributed by atoms with Gasteiger partial charge in [-0.3, -0.25) is 4.79 Å². The molecule has 0 aliphatic heterocycles. The second-order valence-corrected chi connectivity index (χ2v) is 6.30. The fourth-order valence-corrected chi connectivity index (χ4v) is 2.13. The van der Waals surface area contributed by atoms with Gasteiger partial charge in [-0.15, -0.1) is 0 Å². The van der Waals surface area contributed by atoms with E-state index in [0.29, 0.717) is 30.8 Å². The van der Waals surface area contributed by atoms with E-state index in [4.69, 9.17) is 9.15 Å². The van der Waals surface area contributed by atoms with E-state index >= 15 is 0 Å². The number of ether oxygens (including phenoxy) is 1. The van der Waals surface area contributed by atoms with Crippen LogP contribution in [0.5, 0.6) is 5.75 Å². The topological polar surface area (TPSA) is 76.7 Å². The first-order valence-electron chi connectivity index (χ1n) is 7.84. The molecule has 0 atom stereocenters. The minimum absolute atomic E-state index is 0.180. The first-order chi connectivity index (χ1) is 11.3. The van der Waals surface area contributed by atoms with E-state index in [0.717, 1.165) is 11.0 Å². The van der Waals surface area contributed by atoms with Crippen LogP contribution in [0.4, 0.5) is 0 Å². The van der Waals surface area contributed by atoms with Gasteiger partial charge >= 0.3 is 5.63 Å². The molecule has 128 valence electrons. The lowest BCUT2D eigenvalue weighted by molar-refractivity contribution is -0.134. The number of hydrogen-bond acceptors (Lipinski definition) is 5. The van der Waals surface area contributed by atoms with Gasteiger partial charge in [0.15, 0.2) is 5.78 Å². The first kappa shape index (κ1) is 17.9. The molecule has 0 aliphatic rings. The van der Waals surface area contributed by atoms with Crippen molar-refractivity contribution in [2.24, 2.45) is 0 Å². The summed E-state index contributed by atoms with van der Waals surface area (Å²) in [6.45, 7) is 5.26. The van der Waals surface area contributed by atoms with Gasteiger partial charge in [0.1, 0.15) is 23.5 Å². The highest BCUT2D eigenvalue weighted by molar-refractivity contribution is 5.86. The molecule has 0 fully saturated rings. The molecular formula is C19H22O5. The summed E-state index contributed by atoms with van der Waals surface area (Å²) < 4.78 is 10.7. The minimum Gasteiger partial charge on any atom is -0.489 e. The maximum absolute atomic E-state index is 11.7. The first-order valence-corrected chi connectivity index (χ1v) is 7.84. The molecule has 2 rings (SSSR count). The van der Waals surface area contributed by atoms with Gasteiger partial charge in [-0.2, -0.15) is 0 Å². The Morgan fingerprint density at radius 1 is 1.25 bits per heavy atom. The Morgan fingerprint density at radius 3 is 2.67 bits per heavy atom. The molecular weight excluding hydrogens is 308 g/mol. The van der Waals surface area contributed by atoms with E-state index in [1.54, 1.807) is 12.1 Å². The summed E-state index contributed by atoms with van der Waals surface area (Å²) in [5, 5.41) is 10.4. The van der Waals surface area contributed by atoms with Crippen LogP contribution >= 0.6 is 0 Å². The normalized spacial score (nSPS) is 12.4. The molecule has 0 bridgehead atoms. The van der Waals surface area contributed by atoms with Gasteiger partial charge in [0.05, 0.1) is 0 Å². The number of hydrogen-bond donors (Lipinski definition) is 1. The molecule has 24 heavy (non-hydrogen) atoms. The number of allylic oxidation sites excluding steroid dienone is 1. The lowest BCUT2D eigenvalue weighted by Gasteiger charge is -2.15. The summed E-state index contributed by atoms with van der Waals surface area (Å²) in [7, 11) is 0. The molecule has 0 aliphatic carbocycles. The van der Waals surface area contributed by atoms with Crippen molar-refractivity contribution in [1.82, 2.24) is 0 Å². The molecule has 1 heterocycles. The highest BCUT2D eigenvalue weighted by Gasteiger charge is 2.22. The van der Waals surface area contributed by atoms with Gasteiger partial charge in [0.2, 0.25) is 0 Å². The van der Waals surface area contributed by atoms with Crippen LogP contribution in [-0.2, 0) is 4.79 Å². The maximum atomic E-state index is 11.7. The highest BCUT2D eigenvalue weighted by atomic mass is 16.5. The fraction of sp³-hybridized carbons (Fsp3) is 0.368. The number of rotatable bonds is 7. The van der Waals surface area contributed by atoms with E-state index in [1.807, 2.05) is 25.1 Å². The zero-order chi connectivity index (χ0) is 17.7. The predicted molar refractivity (Wildman–Crippen MR) is 92.3 cm³/mol. The molecule has 0 radical (unpaired) electrons. The lowest BCUT2D eigenvalue weighted by atomic mass is 9.98. The molecule has 0 unspecified atom stereocenters. The van der Waals surface area contributed by atoms with Gasteiger partial charge in [-0.1, -0.05) is 5.57 Å². The SMILES string of the molecule is C/C(=C/COc1ccc2ccc(=O)oc2c1)CCC(=O)C(C)(C)O. The van der Waals surface area contributed by atoms with Crippen LogP contribution in [-0.4, -0.2) is 23.1 Å². The third-order valence-electron chi connectivity index (χ3n) is 3.71. The molecule has 0 saturated carbocycles. The van der Waals surface area contributed by atoms with E-state index in [-0.39, 0.29) is 5.78 Å². The summed E-state index contributed by atoms with van der Waals surface area (Å²) in [6.07, 6.45) is 2.77.